The van der Waals surface area contributed by atoms with Crippen LogP contribution >= 0.6 is 0 Å². The summed E-state index contributed by atoms with van der Waals surface area (Å²) < 4.78 is 12.4. The fraction of sp³-hybridized carbons (Fsp3) is 0.273. The van der Waals surface area contributed by atoms with Crippen LogP contribution in [0.1, 0.15) is 45.4 Å². The molecule has 0 aliphatic carbocycles. The topological polar surface area (TPSA) is 107 Å². The number of aromatic nitrogens is 3. The van der Waals surface area contributed by atoms with Crippen molar-refractivity contribution in [2.75, 3.05) is 13.7 Å². The van der Waals surface area contributed by atoms with Crippen LogP contribution < -0.4 is 20.3 Å². The van der Waals surface area contributed by atoms with Crippen molar-refractivity contribution in [1.29, 1.82) is 0 Å². The number of methoxy groups -OCH3 is 1. The number of rotatable bonds is 7. The minimum Gasteiger partial charge on any atom is -0.493 e. The maximum absolute atomic E-state index is 12.5. The van der Waals surface area contributed by atoms with Crippen molar-refractivity contribution in [3.05, 3.63) is 65.0 Å². The normalized spacial score (nSPS) is 10.5. The van der Waals surface area contributed by atoms with Gasteiger partial charge in [-0.15, -0.1) is 5.10 Å². The Labute approximate surface area is 180 Å². The summed E-state index contributed by atoms with van der Waals surface area (Å²) in [5, 5.41) is 8.01. The molecule has 0 spiro atoms. The van der Waals surface area contributed by atoms with Crippen LogP contribution in [-0.4, -0.2) is 40.5 Å². The highest BCUT2D eigenvalue weighted by atomic mass is 16.5. The molecule has 2 N–H and O–H groups in total. The van der Waals surface area contributed by atoms with Gasteiger partial charge in [-0.3, -0.25) is 20.4 Å². The third kappa shape index (κ3) is 5.00. The lowest BCUT2D eigenvalue weighted by Crippen LogP contribution is -2.42. The highest BCUT2D eigenvalue weighted by Gasteiger charge is 2.19. The summed E-state index contributed by atoms with van der Waals surface area (Å²) in [6.07, 6.45) is 0.853. The van der Waals surface area contributed by atoms with E-state index in [2.05, 4.69) is 21.2 Å². The molecule has 1 heterocycles. The number of hydrogen-bond acceptors (Lipinski definition) is 6. The smallest absolute Gasteiger partial charge is 0.292 e. The maximum atomic E-state index is 12.5. The number of carbonyl (C=O) groups excluding carboxylic acids is 2. The molecule has 0 bridgehead atoms. The standard InChI is InChI=1S/C22H25N5O4/c1-5-11-31-18-10-9-16(13-19(18)30-4)21(28)24-25-22(29)20-15(3)27(26-23-20)17-8-6-7-14(2)12-17/h6-10,12-13H,5,11H2,1-4H3,(H,24,28)(H,25,29). The van der Waals surface area contributed by atoms with Crippen LogP contribution in [0.15, 0.2) is 42.5 Å². The number of nitrogens with zero attached hydrogens (tertiary/aromatic N) is 3. The van der Waals surface area contributed by atoms with Gasteiger partial charge in [0.2, 0.25) is 0 Å². The molecule has 0 aliphatic heterocycles. The van der Waals surface area contributed by atoms with Crippen molar-refractivity contribution >= 4 is 11.8 Å². The Morgan fingerprint density at radius 1 is 1.03 bits per heavy atom. The van der Waals surface area contributed by atoms with E-state index in [1.807, 2.05) is 38.1 Å². The number of carbonyl (C=O) groups is 2. The molecule has 3 aromatic rings. The third-order valence-electron chi connectivity index (χ3n) is 4.53. The molecule has 0 fully saturated rings. The van der Waals surface area contributed by atoms with E-state index in [-0.39, 0.29) is 5.69 Å². The Kier molecular flexibility index (Phi) is 6.86. The van der Waals surface area contributed by atoms with Gasteiger partial charge in [-0.25, -0.2) is 4.68 Å². The molecule has 0 saturated heterocycles. The van der Waals surface area contributed by atoms with E-state index in [0.29, 0.717) is 29.4 Å². The molecule has 0 saturated carbocycles. The average Bonchev–Trinajstić information content (AvgIpc) is 3.17. The van der Waals surface area contributed by atoms with Crippen LogP contribution in [0, 0.1) is 13.8 Å². The van der Waals surface area contributed by atoms with Crippen molar-refractivity contribution in [1.82, 2.24) is 25.8 Å². The Balaban J connectivity index is 1.68. The zero-order chi connectivity index (χ0) is 22.4. The number of ether oxygens (including phenoxy) is 2. The minimum atomic E-state index is -0.570. The Hall–Kier alpha value is -3.88. The summed E-state index contributed by atoms with van der Waals surface area (Å²) in [6.45, 7) is 6.24. The van der Waals surface area contributed by atoms with Crippen LogP contribution in [0.3, 0.4) is 0 Å². The molecule has 31 heavy (non-hydrogen) atoms. The van der Waals surface area contributed by atoms with E-state index in [4.69, 9.17) is 9.47 Å². The van der Waals surface area contributed by atoms with Crippen molar-refractivity contribution in [2.24, 2.45) is 0 Å². The van der Waals surface area contributed by atoms with Gasteiger partial charge >= 0.3 is 0 Å². The van der Waals surface area contributed by atoms with Gasteiger partial charge in [0.25, 0.3) is 11.8 Å². The predicted octanol–water partition coefficient (Wildman–Crippen LogP) is 2.76. The molecule has 0 unspecified atom stereocenters. The Morgan fingerprint density at radius 2 is 1.81 bits per heavy atom. The summed E-state index contributed by atoms with van der Waals surface area (Å²) in [6, 6.07) is 12.5. The Bertz CT molecular complexity index is 1090. The van der Waals surface area contributed by atoms with Crippen molar-refractivity contribution in [3.63, 3.8) is 0 Å². The lowest BCUT2D eigenvalue weighted by Gasteiger charge is -2.12. The van der Waals surface area contributed by atoms with E-state index in [1.165, 1.54) is 7.11 Å². The molecule has 9 nitrogen and oxygen atoms in total. The fourth-order valence-corrected chi connectivity index (χ4v) is 2.93. The molecule has 0 atom stereocenters. The lowest BCUT2D eigenvalue weighted by atomic mass is 10.2. The van der Waals surface area contributed by atoms with E-state index in [9.17, 15) is 9.59 Å². The fourth-order valence-electron chi connectivity index (χ4n) is 2.93. The number of benzene rings is 2. The number of amides is 2. The van der Waals surface area contributed by atoms with Gasteiger partial charge in [0.1, 0.15) is 0 Å². The molecule has 0 aliphatic rings. The van der Waals surface area contributed by atoms with Gasteiger partial charge in [-0.05, 0) is 56.2 Å². The molecule has 2 amide bonds. The van der Waals surface area contributed by atoms with Crippen LogP contribution in [0.2, 0.25) is 0 Å². The van der Waals surface area contributed by atoms with E-state index < -0.39 is 11.8 Å². The van der Waals surface area contributed by atoms with Crippen LogP contribution in [-0.2, 0) is 0 Å². The van der Waals surface area contributed by atoms with Crippen molar-refractivity contribution < 1.29 is 19.1 Å². The first-order chi connectivity index (χ1) is 14.9. The van der Waals surface area contributed by atoms with Gasteiger partial charge in [0.05, 0.1) is 25.1 Å². The number of hydrazine groups is 1. The van der Waals surface area contributed by atoms with Gasteiger partial charge in [-0.1, -0.05) is 24.3 Å². The minimum absolute atomic E-state index is 0.114. The highest BCUT2D eigenvalue weighted by molar-refractivity contribution is 5.99. The second kappa shape index (κ2) is 9.75. The molecular weight excluding hydrogens is 398 g/mol. The first-order valence-corrected chi connectivity index (χ1v) is 9.85. The largest absolute Gasteiger partial charge is 0.493 e. The molecule has 0 radical (unpaired) electrons. The molecular formula is C22H25N5O4. The van der Waals surface area contributed by atoms with Crippen LogP contribution in [0.5, 0.6) is 11.5 Å². The van der Waals surface area contributed by atoms with Crippen molar-refractivity contribution in [3.8, 4) is 17.2 Å². The molecule has 2 aromatic carbocycles. The quantitative estimate of drug-likeness (QED) is 0.566. The number of hydrogen-bond donors (Lipinski definition) is 2. The summed E-state index contributed by atoms with van der Waals surface area (Å²) in [5.74, 6) is -0.0882. The highest BCUT2D eigenvalue weighted by Crippen LogP contribution is 2.28. The maximum Gasteiger partial charge on any atom is 0.292 e. The van der Waals surface area contributed by atoms with Gasteiger partial charge in [0, 0.05) is 5.56 Å². The summed E-state index contributed by atoms with van der Waals surface area (Å²) in [7, 11) is 1.50. The average molecular weight is 423 g/mol. The summed E-state index contributed by atoms with van der Waals surface area (Å²) in [5.41, 5.74) is 7.59. The van der Waals surface area contributed by atoms with Gasteiger partial charge in [-0.2, -0.15) is 0 Å². The van der Waals surface area contributed by atoms with Crippen LogP contribution in [0.4, 0.5) is 0 Å². The van der Waals surface area contributed by atoms with Gasteiger partial charge in [0.15, 0.2) is 17.2 Å². The predicted molar refractivity (Wildman–Crippen MR) is 115 cm³/mol. The van der Waals surface area contributed by atoms with E-state index in [1.54, 1.807) is 29.8 Å². The number of nitrogens with one attached hydrogen (secondary N) is 2. The third-order valence-corrected chi connectivity index (χ3v) is 4.53. The second-order valence-corrected chi connectivity index (χ2v) is 6.90. The second-order valence-electron chi connectivity index (χ2n) is 6.90. The van der Waals surface area contributed by atoms with Gasteiger partial charge < -0.3 is 9.47 Å². The molecule has 9 heteroatoms. The molecule has 3 rings (SSSR count). The summed E-state index contributed by atoms with van der Waals surface area (Å²) >= 11 is 0. The van der Waals surface area contributed by atoms with E-state index in [0.717, 1.165) is 17.7 Å². The molecule has 162 valence electrons. The number of aryl methyl sites for hydroxylation is 1. The monoisotopic (exact) mass is 423 g/mol. The van der Waals surface area contributed by atoms with E-state index >= 15 is 0 Å². The van der Waals surface area contributed by atoms with Crippen LogP contribution in [0.25, 0.3) is 5.69 Å². The zero-order valence-electron chi connectivity index (χ0n) is 17.9. The first kappa shape index (κ1) is 21.8. The van der Waals surface area contributed by atoms with Crippen molar-refractivity contribution in [2.45, 2.75) is 27.2 Å². The SMILES string of the molecule is CCCOc1ccc(C(=O)NNC(=O)c2nnn(-c3cccc(C)c3)c2C)cc1OC. The molecule has 1 aromatic heterocycles. The summed E-state index contributed by atoms with van der Waals surface area (Å²) in [4.78, 5) is 25.0. The first-order valence-electron chi connectivity index (χ1n) is 9.85. The Morgan fingerprint density at radius 3 is 2.52 bits per heavy atom. The lowest BCUT2D eigenvalue weighted by molar-refractivity contribution is 0.0843. The zero-order valence-corrected chi connectivity index (χ0v) is 17.9.